The molecule has 0 heterocycles. The van der Waals surface area contributed by atoms with Crippen molar-refractivity contribution in [2.45, 2.75) is 84.1 Å². The van der Waals surface area contributed by atoms with E-state index >= 15 is 0 Å². The third-order valence-electron chi connectivity index (χ3n) is 5.92. The topological polar surface area (TPSA) is 26.0 Å². The summed E-state index contributed by atoms with van der Waals surface area (Å²) in [6, 6.07) is 0.512. The van der Waals surface area contributed by atoms with Crippen LogP contribution in [0.5, 0.6) is 0 Å². The second-order valence-corrected chi connectivity index (χ2v) is 7.04. The first-order valence-electron chi connectivity index (χ1n) is 8.48. The minimum Gasteiger partial charge on any atom is -0.327 e. The van der Waals surface area contributed by atoms with Crippen LogP contribution >= 0.6 is 0 Å². The van der Waals surface area contributed by atoms with E-state index in [1.807, 2.05) is 0 Å². The van der Waals surface area contributed by atoms with Gasteiger partial charge in [-0.25, -0.2) is 0 Å². The van der Waals surface area contributed by atoms with Crippen LogP contribution in [-0.2, 0) is 0 Å². The van der Waals surface area contributed by atoms with Crippen molar-refractivity contribution in [3.8, 4) is 0 Å². The van der Waals surface area contributed by atoms with Gasteiger partial charge in [-0.3, -0.25) is 0 Å². The van der Waals surface area contributed by atoms with Gasteiger partial charge in [0.15, 0.2) is 0 Å². The van der Waals surface area contributed by atoms with Gasteiger partial charge in [0.05, 0.1) is 0 Å². The van der Waals surface area contributed by atoms with Gasteiger partial charge in [-0.1, -0.05) is 52.4 Å². The fourth-order valence-electron chi connectivity index (χ4n) is 4.50. The van der Waals surface area contributed by atoms with Crippen LogP contribution < -0.4 is 5.73 Å². The molecule has 2 rings (SSSR count). The van der Waals surface area contributed by atoms with Gasteiger partial charge in [0.25, 0.3) is 0 Å². The lowest BCUT2D eigenvalue weighted by atomic mass is 9.67. The van der Waals surface area contributed by atoms with E-state index in [9.17, 15) is 0 Å². The summed E-state index contributed by atoms with van der Waals surface area (Å²) >= 11 is 0. The van der Waals surface area contributed by atoms with E-state index in [1.54, 1.807) is 0 Å². The van der Waals surface area contributed by atoms with Crippen molar-refractivity contribution in [3.63, 3.8) is 0 Å². The first kappa shape index (κ1) is 14.4. The van der Waals surface area contributed by atoms with Crippen molar-refractivity contribution in [3.05, 3.63) is 0 Å². The van der Waals surface area contributed by atoms with E-state index in [1.165, 1.54) is 64.2 Å². The highest BCUT2D eigenvalue weighted by atomic mass is 14.7. The molecule has 0 bridgehead atoms. The van der Waals surface area contributed by atoms with Gasteiger partial charge < -0.3 is 5.73 Å². The van der Waals surface area contributed by atoms with Gasteiger partial charge in [-0.05, 0) is 49.4 Å². The first-order chi connectivity index (χ1) is 8.72. The van der Waals surface area contributed by atoms with Gasteiger partial charge >= 0.3 is 0 Å². The summed E-state index contributed by atoms with van der Waals surface area (Å²) in [4.78, 5) is 0. The Balaban J connectivity index is 1.92. The minimum atomic E-state index is 0.512. The van der Waals surface area contributed by atoms with Crippen LogP contribution in [0.2, 0.25) is 0 Å². The Labute approximate surface area is 114 Å². The van der Waals surface area contributed by atoms with E-state index < -0.39 is 0 Å². The third-order valence-corrected chi connectivity index (χ3v) is 5.92. The molecule has 2 aliphatic carbocycles. The lowest BCUT2D eigenvalue weighted by Crippen LogP contribution is -2.36. The normalized spacial score (nSPS) is 39.5. The molecule has 18 heavy (non-hydrogen) atoms. The van der Waals surface area contributed by atoms with Gasteiger partial charge in [-0.15, -0.1) is 0 Å². The Morgan fingerprint density at radius 1 is 0.944 bits per heavy atom. The maximum absolute atomic E-state index is 6.35. The summed E-state index contributed by atoms with van der Waals surface area (Å²) in [5.41, 5.74) is 6.35. The van der Waals surface area contributed by atoms with Crippen LogP contribution in [-0.4, -0.2) is 6.04 Å². The Morgan fingerprint density at radius 2 is 1.56 bits per heavy atom. The molecule has 0 radical (unpaired) electrons. The molecule has 2 saturated carbocycles. The average Bonchev–Trinajstić information content (AvgIpc) is 2.41. The highest BCUT2D eigenvalue weighted by Gasteiger charge is 2.32. The predicted octanol–water partition coefficient (Wildman–Crippen LogP) is 4.75. The van der Waals surface area contributed by atoms with Crippen molar-refractivity contribution in [1.82, 2.24) is 0 Å². The monoisotopic (exact) mass is 251 g/mol. The standard InChI is InChI=1S/C17H33N/c1-3-13(2)16-10-6-4-8-14(16)12-15-9-5-7-11-17(15)18/h13-17H,3-12,18H2,1-2H3. The lowest BCUT2D eigenvalue weighted by Gasteiger charge is -2.39. The number of nitrogens with two attached hydrogens (primary N) is 1. The summed E-state index contributed by atoms with van der Waals surface area (Å²) in [5.74, 6) is 3.75. The zero-order chi connectivity index (χ0) is 13.0. The lowest BCUT2D eigenvalue weighted by molar-refractivity contribution is 0.123. The van der Waals surface area contributed by atoms with E-state index in [2.05, 4.69) is 13.8 Å². The van der Waals surface area contributed by atoms with Crippen molar-refractivity contribution in [1.29, 1.82) is 0 Å². The third kappa shape index (κ3) is 3.50. The molecule has 2 N–H and O–H groups in total. The molecule has 0 saturated heterocycles. The molecular formula is C17H33N. The predicted molar refractivity (Wildman–Crippen MR) is 79.5 cm³/mol. The van der Waals surface area contributed by atoms with E-state index in [0.29, 0.717) is 6.04 Å². The molecule has 1 nitrogen and oxygen atoms in total. The largest absolute Gasteiger partial charge is 0.327 e. The van der Waals surface area contributed by atoms with E-state index in [4.69, 9.17) is 5.73 Å². The van der Waals surface area contributed by atoms with Crippen LogP contribution in [0, 0.1) is 23.7 Å². The molecule has 0 aromatic carbocycles. The maximum Gasteiger partial charge on any atom is 0.00672 e. The zero-order valence-electron chi connectivity index (χ0n) is 12.5. The van der Waals surface area contributed by atoms with Crippen molar-refractivity contribution in [2.75, 3.05) is 0 Å². The Morgan fingerprint density at radius 3 is 2.22 bits per heavy atom. The Hall–Kier alpha value is -0.0400. The summed E-state index contributed by atoms with van der Waals surface area (Å²) in [6.07, 6.45) is 14.2. The SMILES string of the molecule is CCC(C)C1CCCCC1CC1CCCCC1N. The highest BCUT2D eigenvalue weighted by Crippen LogP contribution is 2.41. The molecule has 0 aromatic rings. The summed E-state index contributed by atoms with van der Waals surface area (Å²) in [5, 5.41) is 0. The fourth-order valence-corrected chi connectivity index (χ4v) is 4.50. The second-order valence-electron chi connectivity index (χ2n) is 7.04. The molecule has 5 unspecified atom stereocenters. The van der Waals surface area contributed by atoms with E-state index in [0.717, 1.165) is 23.7 Å². The van der Waals surface area contributed by atoms with Gasteiger partial charge in [-0.2, -0.15) is 0 Å². The van der Waals surface area contributed by atoms with Crippen LogP contribution in [0.15, 0.2) is 0 Å². The number of hydrogen-bond acceptors (Lipinski definition) is 1. The quantitative estimate of drug-likeness (QED) is 0.767. The summed E-state index contributed by atoms with van der Waals surface area (Å²) in [7, 11) is 0. The molecule has 0 aliphatic heterocycles. The number of rotatable bonds is 4. The van der Waals surface area contributed by atoms with Crippen LogP contribution in [0.25, 0.3) is 0 Å². The molecule has 0 amide bonds. The molecule has 2 fully saturated rings. The molecule has 0 spiro atoms. The summed E-state index contributed by atoms with van der Waals surface area (Å²) < 4.78 is 0. The van der Waals surface area contributed by atoms with Gasteiger partial charge in [0, 0.05) is 6.04 Å². The molecule has 0 aromatic heterocycles. The van der Waals surface area contributed by atoms with Crippen LogP contribution in [0.4, 0.5) is 0 Å². The smallest absolute Gasteiger partial charge is 0.00672 e. The highest BCUT2D eigenvalue weighted by molar-refractivity contribution is 4.85. The molecule has 106 valence electrons. The van der Waals surface area contributed by atoms with Crippen LogP contribution in [0.3, 0.4) is 0 Å². The molecular weight excluding hydrogens is 218 g/mol. The van der Waals surface area contributed by atoms with Crippen LogP contribution in [0.1, 0.15) is 78.1 Å². The van der Waals surface area contributed by atoms with Crippen molar-refractivity contribution < 1.29 is 0 Å². The van der Waals surface area contributed by atoms with E-state index in [-0.39, 0.29) is 0 Å². The summed E-state index contributed by atoms with van der Waals surface area (Å²) in [6.45, 7) is 4.84. The Kier molecular flexibility index (Phi) is 5.54. The minimum absolute atomic E-state index is 0.512. The van der Waals surface area contributed by atoms with Crippen molar-refractivity contribution in [2.24, 2.45) is 29.4 Å². The molecule has 2 aliphatic rings. The number of hydrogen-bond donors (Lipinski definition) is 1. The van der Waals surface area contributed by atoms with Gasteiger partial charge in [0.2, 0.25) is 0 Å². The maximum atomic E-state index is 6.35. The first-order valence-corrected chi connectivity index (χ1v) is 8.48. The molecule has 5 atom stereocenters. The fraction of sp³-hybridized carbons (Fsp3) is 1.00. The second kappa shape index (κ2) is 6.93. The Bertz CT molecular complexity index is 238. The molecule has 1 heteroatoms. The van der Waals surface area contributed by atoms with Crippen molar-refractivity contribution >= 4 is 0 Å². The zero-order valence-corrected chi connectivity index (χ0v) is 12.5. The van der Waals surface area contributed by atoms with Gasteiger partial charge in [0.1, 0.15) is 0 Å². The average molecular weight is 251 g/mol.